The van der Waals surface area contributed by atoms with Crippen LogP contribution in [-0.4, -0.2) is 9.97 Å². The van der Waals surface area contributed by atoms with E-state index in [0.29, 0.717) is 11.6 Å². The number of hydrogen-bond acceptors (Lipinski definition) is 3. The Bertz CT molecular complexity index is 952. The molecule has 3 heteroatoms. The zero-order valence-corrected chi connectivity index (χ0v) is 12.6. The first-order valence-electron chi connectivity index (χ1n) is 7.46. The quantitative estimate of drug-likeness (QED) is 0.511. The average molecular weight is 288 g/mol. The Morgan fingerprint density at radius 1 is 0.909 bits per heavy atom. The van der Waals surface area contributed by atoms with Crippen molar-refractivity contribution in [3.05, 3.63) is 60.4 Å². The first kappa shape index (κ1) is 13.0. The van der Waals surface area contributed by atoms with Crippen molar-refractivity contribution in [3.8, 4) is 11.3 Å². The van der Waals surface area contributed by atoms with E-state index in [1.165, 1.54) is 5.56 Å². The van der Waals surface area contributed by atoms with Crippen LogP contribution in [0.5, 0.6) is 0 Å². The van der Waals surface area contributed by atoms with Crippen LogP contribution in [0.4, 0.5) is 0 Å². The molecule has 0 amide bonds. The molecule has 108 valence electrons. The van der Waals surface area contributed by atoms with Gasteiger partial charge in [0, 0.05) is 28.7 Å². The summed E-state index contributed by atoms with van der Waals surface area (Å²) in [4.78, 5) is 8.91. The molecule has 0 saturated carbocycles. The second-order valence-electron chi connectivity index (χ2n) is 5.77. The average Bonchev–Trinajstić information content (AvgIpc) is 2.93. The van der Waals surface area contributed by atoms with Crippen LogP contribution in [0, 0.1) is 0 Å². The molecule has 0 atom stereocenters. The number of benzene rings is 1. The van der Waals surface area contributed by atoms with Gasteiger partial charge in [-0.1, -0.05) is 32.0 Å². The zero-order valence-electron chi connectivity index (χ0n) is 12.6. The molecule has 0 fully saturated rings. The van der Waals surface area contributed by atoms with Gasteiger partial charge in [-0.25, -0.2) is 4.98 Å². The van der Waals surface area contributed by atoms with Crippen LogP contribution in [0.2, 0.25) is 0 Å². The lowest BCUT2D eigenvalue weighted by atomic mass is 10.0. The van der Waals surface area contributed by atoms with Gasteiger partial charge in [0.05, 0.1) is 5.69 Å². The van der Waals surface area contributed by atoms with Crippen LogP contribution < -0.4 is 0 Å². The summed E-state index contributed by atoms with van der Waals surface area (Å²) >= 11 is 0. The minimum absolute atomic E-state index is 0.479. The Morgan fingerprint density at radius 3 is 2.55 bits per heavy atom. The van der Waals surface area contributed by atoms with Crippen LogP contribution >= 0.6 is 0 Å². The number of fused-ring (bicyclic) bond motifs is 3. The normalized spacial score (nSPS) is 11.6. The summed E-state index contributed by atoms with van der Waals surface area (Å²) in [6.45, 7) is 4.34. The maximum Gasteiger partial charge on any atom is 0.227 e. The molecular formula is C19H16N2O. The Hall–Kier alpha value is -2.68. The van der Waals surface area contributed by atoms with E-state index >= 15 is 0 Å². The van der Waals surface area contributed by atoms with Crippen molar-refractivity contribution >= 4 is 22.1 Å². The van der Waals surface area contributed by atoms with Crippen LogP contribution in [0.15, 0.2) is 59.3 Å². The fourth-order valence-corrected chi connectivity index (χ4v) is 2.74. The van der Waals surface area contributed by atoms with Gasteiger partial charge in [-0.05, 0) is 35.7 Å². The van der Waals surface area contributed by atoms with E-state index in [0.717, 1.165) is 27.6 Å². The van der Waals surface area contributed by atoms with Gasteiger partial charge in [-0.2, -0.15) is 0 Å². The maximum absolute atomic E-state index is 5.96. The molecule has 0 radical (unpaired) electrons. The maximum atomic E-state index is 5.96. The van der Waals surface area contributed by atoms with Crippen LogP contribution in [0.1, 0.15) is 25.3 Å². The Kier molecular flexibility index (Phi) is 2.93. The molecule has 3 aromatic heterocycles. The smallest absolute Gasteiger partial charge is 0.227 e. The zero-order chi connectivity index (χ0) is 15.1. The molecule has 3 nitrogen and oxygen atoms in total. The molecule has 22 heavy (non-hydrogen) atoms. The minimum atomic E-state index is 0.479. The molecule has 0 spiro atoms. The number of hydrogen-bond donors (Lipinski definition) is 0. The first-order valence-corrected chi connectivity index (χ1v) is 7.46. The number of pyridine rings is 2. The number of furan rings is 1. The molecule has 0 N–H and O–H groups in total. The molecule has 0 aliphatic rings. The standard InChI is InChI=1S/C19H16N2O/c1-12(2)13-8-9-17(21-11-13)16-6-3-5-14-15-7-4-10-20-19(15)22-18(14)16/h3-12H,1-2H3. The van der Waals surface area contributed by atoms with E-state index in [9.17, 15) is 0 Å². The van der Waals surface area contributed by atoms with Gasteiger partial charge in [-0.3, -0.25) is 4.98 Å². The molecule has 4 aromatic rings. The highest BCUT2D eigenvalue weighted by Crippen LogP contribution is 2.34. The third-order valence-electron chi connectivity index (χ3n) is 4.00. The minimum Gasteiger partial charge on any atom is -0.437 e. The number of aromatic nitrogens is 2. The number of nitrogens with zero attached hydrogens (tertiary/aromatic N) is 2. The summed E-state index contributed by atoms with van der Waals surface area (Å²) in [5, 5.41) is 2.12. The molecule has 3 heterocycles. The second-order valence-corrected chi connectivity index (χ2v) is 5.77. The topological polar surface area (TPSA) is 38.9 Å². The monoisotopic (exact) mass is 288 g/mol. The molecule has 0 aliphatic heterocycles. The molecule has 0 aliphatic carbocycles. The summed E-state index contributed by atoms with van der Waals surface area (Å²) in [6, 6.07) is 14.3. The lowest BCUT2D eigenvalue weighted by Gasteiger charge is -2.06. The van der Waals surface area contributed by atoms with E-state index in [1.54, 1.807) is 6.20 Å². The summed E-state index contributed by atoms with van der Waals surface area (Å²) in [5.41, 5.74) is 4.69. The van der Waals surface area contributed by atoms with Gasteiger partial charge in [0.25, 0.3) is 0 Å². The predicted molar refractivity (Wildman–Crippen MR) is 88.8 cm³/mol. The molecular weight excluding hydrogens is 272 g/mol. The fraction of sp³-hybridized carbons (Fsp3) is 0.158. The van der Waals surface area contributed by atoms with Crippen LogP contribution in [0.3, 0.4) is 0 Å². The van der Waals surface area contributed by atoms with Crippen molar-refractivity contribution in [2.75, 3.05) is 0 Å². The molecule has 0 saturated heterocycles. The molecule has 0 bridgehead atoms. The summed E-state index contributed by atoms with van der Waals surface area (Å²) in [5.74, 6) is 0.479. The predicted octanol–water partition coefficient (Wildman–Crippen LogP) is 5.17. The van der Waals surface area contributed by atoms with Crippen molar-refractivity contribution < 1.29 is 4.42 Å². The largest absolute Gasteiger partial charge is 0.437 e. The SMILES string of the molecule is CC(C)c1ccc(-c2cccc3c2oc2ncccc23)nc1. The summed E-state index contributed by atoms with van der Waals surface area (Å²) in [6.07, 6.45) is 3.69. The van der Waals surface area contributed by atoms with Crippen LogP contribution in [0.25, 0.3) is 33.3 Å². The number of para-hydroxylation sites is 1. The lowest BCUT2D eigenvalue weighted by molar-refractivity contribution is 0.655. The summed E-state index contributed by atoms with van der Waals surface area (Å²) in [7, 11) is 0. The van der Waals surface area contributed by atoms with Gasteiger partial charge >= 0.3 is 0 Å². The van der Waals surface area contributed by atoms with Crippen molar-refractivity contribution in [2.45, 2.75) is 19.8 Å². The summed E-state index contributed by atoms with van der Waals surface area (Å²) < 4.78 is 5.96. The fourth-order valence-electron chi connectivity index (χ4n) is 2.74. The highest BCUT2D eigenvalue weighted by atomic mass is 16.3. The Morgan fingerprint density at radius 2 is 1.77 bits per heavy atom. The van der Waals surface area contributed by atoms with Gasteiger partial charge in [0.15, 0.2) is 0 Å². The van der Waals surface area contributed by atoms with Gasteiger partial charge in [0.1, 0.15) is 5.58 Å². The van der Waals surface area contributed by atoms with Gasteiger partial charge < -0.3 is 4.42 Å². The third-order valence-corrected chi connectivity index (χ3v) is 4.00. The van der Waals surface area contributed by atoms with E-state index in [-0.39, 0.29) is 0 Å². The first-order chi connectivity index (χ1) is 10.7. The van der Waals surface area contributed by atoms with Gasteiger partial charge in [0.2, 0.25) is 5.71 Å². The van der Waals surface area contributed by atoms with Crippen molar-refractivity contribution in [3.63, 3.8) is 0 Å². The van der Waals surface area contributed by atoms with E-state index in [2.05, 4.69) is 42.0 Å². The highest BCUT2D eigenvalue weighted by molar-refractivity contribution is 6.08. The van der Waals surface area contributed by atoms with E-state index < -0.39 is 0 Å². The third kappa shape index (κ3) is 1.98. The number of rotatable bonds is 2. The van der Waals surface area contributed by atoms with Gasteiger partial charge in [-0.15, -0.1) is 0 Å². The van der Waals surface area contributed by atoms with E-state index in [1.807, 2.05) is 30.5 Å². The van der Waals surface area contributed by atoms with Crippen molar-refractivity contribution in [1.29, 1.82) is 0 Å². The van der Waals surface area contributed by atoms with Crippen molar-refractivity contribution in [1.82, 2.24) is 9.97 Å². The Labute approximate surface area is 128 Å². The van der Waals surface area contributed by atoms with E-state index in [4.69, 9.17) is 4.42 Å². The molecule has 0 unspecified atom stereocenters. The Balaban J connectivity index is 1.94. The molecule has 4 rings (SSSR count). The van der Waals surface area contributed by atoms with Crippen molar-refractivity contribution in [2.24, 2.45) is 0 Å². The van der Waals surface area contributed by atoms with Crippen LogP contribution in [-0.2, 0) is 0 Å². The molecule has 1 aromatic carbocycles. The highest BCUT2D eigenvalue weighted by Gasteiger charge is 2.13. The second kappa shape index (κ2) is 4.95. The lowest BCUT2D eigenvalue weighted by Crippen LogP contribution is -1.90.